The molecule has 148 valence electrons. The maximum absolute atomic E-state index is 13.6. The third-order valence-corrected chi connectivity index (χ3v) is 4.53. The molecule has 2 aromatic rings. The Morgan fingerprint density at radius 3 is 2.52 bits per heavy atom. The summed E-state index contributed by atoms with van der Waals surface area (Å²) in [6.07, 6.45) is -2.48. The van der Waals surface area contributed by atoms with Gasteiger partial charge in [0.1, 0.15) is 0 Å². The molecule has 0 spiro atoms. The molecular weight excluding hydrogens is 375 g/mol. The lowest BCUT2D eigenvalue weighted by molar-refractivity contribution is -0.138. The van der Waals surface area contributed by atoms with E-state index in [0.717, 1.165) is 23.2 Å². The van der Waals surface area contributed by atoms with Crippen LogP contribution >= 0.6 is 11.8 Å². The molecule has 0 radical (unpaired) electrons. The lowest BCUT2D eigenvalue weighted by Gasteiger charge is -2.17. The van der Waals surface area contributed by atoms with Gasteiger partial charge in [0.2, 0.25) is 0 Å². The number of hydrogen-bond donors (Lipinski definition) is 2. The molecule has 0 saturated heterocycles. The normalized spacial score (nSPS) is 12.3. The van der Waals surface area contributed by atoms with Crippen LogP contribution in [0.1, 0.15) is 22.5 Å². The van der Waals surface area contributed by atoms with Crippen molar-refractivity contribution in [3.63, 3.8) is 0 Å². The fourth-order valence-electron chi connectivity index (χ4n) is 2.68. The Hall–Kier alpha value is -2.16. The van der Waals surface area contributed by atoms with Crippen LogP contribution in [-0.2, 0) is 12.7 Å². The number of aromatic nitrogens is 2. The number of aryl methyl sites for hydroxylation is 2. The largest absolute Gasteiger partial charge is 0.416 e. The summed E-state index contributed by atoms with van der Waals surface area (Å²) < 4.78 is 42.3. The summed E-state index contributed by atoms with van der Waals surface area (Å²) in [5.41, 5.74) is 1.40. The van der Waals surface area contributed by atoms with Crippen molar-refractivity contribution >= 4 is 17.7 Å². The molecule has 0 fully saturated rings. The predicted molar refractivity (Wildman–Crippen MR) is 105 cm³/mol. The van der Waals surface area contributed by atoms with Gasteiger partial charge in [0.05, 0.1) is 16.9 Å². The van der Waals surface area contributed by atoms with Crippen molar-refractivity contribution in [1.82, 2.24) is 20.4 Å². The zero-order valence-corrected chi connectivity index (χ0v) is 16.6. The molecular formula is C18H24F3N5S. The highest BCUT2D eigenvalue weighted by Crippen LogP contribution is 2.33. The number of benzene rings is 1. The molecule has 0 atom stereocenters. The predicted octanol–water partition coefficient (Wildman–Crippen LogP) is 3.54. The second-order valence-electron chi connectivity index (χ2n) is 6.02. The van der Waals surface area contributed by atoms with Crippen LogP contribution in [0.15, 0.2) is 29.3 Å². The Morgan fingerprint density at radius 1 is 1.22 bits per heavy atom. The minimum atomic E-state index is -4.46. The van der Waals surface area contributed by atoms with Crippen LogP contribution in [0.4, 0.5) is 13.2 Å². The second kappa shape index (κ2) is 9.16. The lowest BCUT2D eigenvalue weighted by Crippen LogP contribution is -2.38. The fourth-order valence-corrected chi connectivity index (χ4v) is 2.98. The van der Waals surface area contributed by atoms with Gasteiger partial charge in [-0.05, 0) is 43.9 Å². The van der Waals surface area contributed by atoms with Gasteiger partial charge in [-0.25, -0.2) is 4.68 Å². The summed E-state index contributed by atoms with van der Waals surface area (Å²) in [5, 5.41) is 10.3. The summed E-state index contributed by atoms with van der Waals surface area (Å²) in [4.78, 5) is 4.04. The number of alkyl halides is 3. The average molecular weight is 399 g/mol. The molecule has 0 bridgehead atoms. The molecule has 0 saturated carbocycles. The molecule has 0 amide bonds. The van der Waals surface area contributed by atoms with Gasteiger partial charge in [0, 0.05) is 31.6 Å². The first-order valence-corrected chi connectivity index (χ1v) is 9.83. The minimum Gasteiger partial charge on any atom is -0.356 e. The van der Waals surface area contributed by atoms with E-state index >= 15 is 0 Å². The number of thioether (sulfide) groups is 1. The Balaban J connectivity index is 2.25. The van der Waals surface area contributed by atoms with Crippen LogP contribution in [0.25, 0.3) is 5.69 Å². The van der Waals surface area contributed by atoms with Crippen molar-refractivity contribution in [3.05, 3.63) is 46.8 Å². The Bertz CT molecular complexity index is 799. The Morgan fingerprint density at radius 2 is 1.96 bits per heavy atom. The number of hydrogen-bond acceptors (Lipinski definition) is 3. The van der Waals surface area contributed by atoms with Gasteiger partial charge in [-0.3, -0.25) is 4.99 Å². The molecule has 1 heterocycles. The zero-order chi connectivity index (χ0) is 20.0. The fraction of sp³-hybridized carbons (Fsp3) is 0.444. The highest BCUT2D eigenvalue weighted by Gasteiger charge is 2.33. The average Bonchev–Trinajstić information content (AvgIpc) is 2.95. The molecule has 2 N–H and O–H groups in total. The maximum Gasteiger partial charge on any atom is 0.416 e. The van der Waals surface area contributed by atoms with Crippen molar-refractivity contribution < 1.29 is 13.2 Å². The molecule has 9 heteroatoms. The smallest absolute Gasteiger partial charge is 0.356 e. The standard InChI is InChI=1S/C18H24F3N5S/c1-12-9-13(2)26(25-12)15-6-5-14(16(10-15)18(19,20)21)11-24-17(22-3)23-7-8-27-4/h5-6,9-10H,7-8,11H2,1-4H3,(H2,22,23,24). The van der Waals surface area contributed by atoms with Crippen LogP contribution in [0.2, 0.25) is 0 Å². The maximum atomic E-state index is 13.6. The van der Waals surface area contributed by atoms with E-state index in [0.29, 0.717) is 18.2 Å². The van der Waals surface area contributed by atoms with E-state index in [4.69, 9.17) is 0 Å². The van der Waals surface area contributed by atoms with E-state index in [1.165, 1.54) is 10.7 Å². The quantitative estimate of drug-likeness (QED) is 0.443. The third kappa shape index (κ3) is 5.66. The van der Waals surface area contributed by atoms with Gasteiger partial charge in [-0.15, -0.1) is 0 Å². The van der Waals surface area contributed by atoms with Crippen LogP contribution in [0, 0.1) is 13.8 Å². The third-order valence-electron chi connectivity index (χ3n) is 3.92. The number of halogens is 3. The summed E-state index contributed by atoms with van der Waals surface area (Å²) >= 11 is 1.67. The minimum absolute atomic E-state index is 0.0190. The van der Waals surface area contributed by atoms with E-state index in [-0.39, 0.29) is 12.1 Å². The highest BCUT2D eigenvalue weighted by atomic mass is 32.2. The molecule has 0 aliphatic heterocycles. The van der Waals surface area contributed by atoms with E-state index in [1.807, 2.05) is 26.2 Å². The summed E-state index contributed by atoms with van der Waals surface area (Å²) in [6.45, 7) is 4.32. The molecule has 0 unspecified atom stereocenters. The van der Waals surface area contributed by atoms with E-state index < -0.39 is 11.7 Å². The number of nitrogens with one attached hydrogen (secondary N) is 2. The summed E-state index contributed by atoms with van der Waals surface area (Å²) in [7, 11) is 1.59. The lowest BCUT2D eigenvalue weighted by atomic mass is 10.1. The molecule has 0 aliphatic carbocycles. The van der Waals surface area contributed by atoms with Gasteiger partial charge >= 0.3 is 6.18 Å². The number of aliphatic imine (C=N–C) groups is 1. The molecule has 27 heavy (non-hydrogen) atoms. The van der Waals surface area contributed by atoms with E-state index in [2.05, 4.69) is 20.7 Å². The summed E-state index contributed by atoms with van der Waals surface area (Å²) in [6, 6.07) is 6.10. The molecule has 5 nitrogen and oxygen atoms in total. The topological polar surface area (TPSA) is 54.2 Å². The van der Waals surface area contributed by atoms with E-state index in [1.54, 1.807) is 24.9 Å². The number of rotatable bonds is 6. The van der Waals surface area contributed by atoms with Crippen LogP contribution < -0.4 is 10.6 Å². The Labute approximate surface area is 161 Å². The molecule has 1 aromatic carbocycles. The van der Waals surface area contributed by atoms with Crippen LogP contribution in [0.3, 0.4) is 0 Å². The second-order valence-corrected chi connectivity index (χ2v) is 7.01. The summed E-state index contributed by atoms with van der Waals surface area (Å²) in [5.74, 6) is 1.35. The monoisotopic (exact) mass is 399 g/mol. The van der Waals surface area contributed by atoms with Gasteiger partial charge < -0.3 is 10.6 Å². The number of nitrogens with zero attached hydrogens (tertiary/aromatic N) is 3. The van der Waals surface area contributed by atoms with Crippen molar-refractivity contribution in [3.8, 4) is 5.69 Å². The first kappa shape index (κ1) is 21.1. The molecule has 1 aromatic heterocycles. The zero-order valence-electron chi connectivity index (χ0n) is 15.8. The van der Waals surface area contributed by atoms with Crippen LogP contribution in [-0.4, -0.2) is 41.3 Å². The van der Waals surface area contributed by atoms with Crippen molar-refractivity contribution in [2.45, 2.75) is 26.6 Å². The van der Waals surface area contributed by atoms with Crippen molar-refractivity contribution in [1.29, 1.82) is 0 Å². The molecule has 0 aliphatic rings. The Kier molecular flexibility index (Phi) is 7.18. The van der Waals surface area contributed by atoms with Crippen molar-refractivity contribution in [2.75, 3.05) is 25.6 Å². The van der Waals surface area contributed by atoms with E-state index in [9.17, 15) is 13.2 Å². The highest BCUT2D eigenvalue weighted by molar-refractivity contribution is 7.98. The van der Waals surface area contributed by atoms with Crippen LogP contribution in [0.5, 0.6) is 0 Å². The first-order chi connectivity index (χ1) is 12.8. The van der Waals surface area contributed by atoms with Gasteiger partial charge in [0.25, 0.3) is 0 Å². The van der Waals surface area contributed by atoms with Gasteiger partial charge in [-0.1, -0.05) is 6.07 Å². The number of guanidine groups is 1. The van der Waals surface area contributed by atoms with Crippen molar-refractivity contribution in [2.24, 2.45) is 4.99 Å². The van der Waals surface area contributed by atoms with Gasteiger partial charge in [-0.2, -0.15) is 30.0 Å². The first-order valence-electron chi connectivity index (χ1n) is 8.43. The van der Waals surface area contributed by atoms with Gasteiger partial charge in [0.15, 0.2) is 5.96 Å². The molecule has 2 rings (SSSR count). The SMILES string of the molecule is CN=C(NCCSC)NCc1ccc(-n2nc(C)cc2C)cc1C(F)(F)F.